The van der Waals surface area contributed by atoms with Gasteiger partial charge in [-0.3, -0.25) is 10.1 Å². The van der Waals surface area contributed by atoms with Crippen LogP contribution < -0.4 is 0 Å². The maximum absolute atomic E-state index is 13.7. The Morgan fingerprint density at radius 2 is 1.72 bits per heavy atom. The number of hydrogen-bond acceptors (Lipinski definition) is 5. The molecule has 1 heterocycles. The highest BCUT2D eigenvalue weighted by Crippen LogP contribution is 2.43. The summed E-state index contributed by atoms with van der Waals surface area (Å²) in [5.41, 5.74) is 3.17. The van der Waals surface area contributed by atoms with E-state index >= 15 is 0 Å². The first-order chi connectivity index (χ1) is 14.0. The summed E-state index contributed by atoms with van der Waals surface area (Å²) in [6, 6.07) is 15.7. The number of nitrogens with zero attached hydrogens (tertiary/aromatic N) is 2. The van der Waals surface area contributed by atoms with Crippen molar-refractivity contribution in [1.29, 1.82) is 0 Å². The summed E-state index contributed by atoms with van der Waals surface area (Å²) < 4.78 is 28.8. The first-order valence-corrected chi connectivity index (χ1v) is 11.9. The van der Waals surface area contributed by atoms with Crippen molar-refractivity contribution in [2.75, 3.05) is 12.3 Å². The van der Waals surface area contributed by atoms with Crippen LogP contribution in [0.1, 0.15) is 22.1 Å². The Labute approximate surface area is 172 Å². The summed E-state index contributed by atoms with van der Waals surface area (Å²) in [6.45, 7) is 0.414. The first kappa shape index (κ1) is 18.6. The Bertz CT molecular complexity index is 1230. The van der Waals surface area contributed by atoms with E-state index in [4.69, 9.17) is 0 Å². The van der Waals surface area contributed by atoms with Crippen LogP contribution in [0.5, 0.6) is 0 Å². The van der Waals surface area contributed by atoms with Gasteiger partial charge in [-0.2, -0.15) is 4.31 Å². The van der Waals surface area contributed by atoms with Crippen molar-refractivity contribution in [3.63, 3.8) is 0 Å². The Balaban J connectivity index is 1.58. The van der Waals surface area contributed by atoms with Gasteiger partial charge in [0.05, 0.1) is 15.2 Å². The van der Waals surface area contributed by atoms with Crippen molar-refractivity contribution >= 4 is 38.2 Å². The van der Waals surface area contributed by atoms with E-state index in [0.29, 0.717) is 17.2 Å². The Morgan fingerprint density at radius 1 is 1.00 bits per heavy atom. The molecule has 3 aromatic rings. The van der Waals surface area contributed by atoms with Crippen LogP contribution in [0.25, 0.3) is 10.8 Å². The molecule has 1 unspecified atom stereocenters. The standard InChI is InChI=1S/C21H18N2O4S2/c24-23(25)17-9-6-16(7-10-17)21-22(12-13-28-21)29(26,27)19-11-8-15-5-4-14-2-1-3-18(19)20(14)15/h1-3,6-11,21H,4-5,12-13H2. The van der Waals surface area contributed by atoms with Crippen LogP contribution in [0.15, 0.2) is 59.5 Å². The van der Waals surface area contributed by atoms with Gasteiger partial charge in [0.25, 0.3) is 5.69 Å². The average Bonchev–Trinajstić information content (AvgIpc) is 3.37. The molecule has 3 aromatic carbocycles. The molecule has 1 atom stereocenters. The van der Waals surface area contributed by atoms with E-state index in [0.717, 1.165) is 29.2 Å². The molecule has 29 heavy (non-hydrogen) atoms. The fraction of sp³-hybridized carbons (Fsp3) is 0.238. The number of hydrogen-bond donors (Lipinski definition) is 0. The van der Waals surface area contributed by atoms with E-state index < -0.39 is 14.9 Å². The van der Waals surface area contributed by atoms with Gasteiger partial charge in [-0.25, -0.2) is 8.42 Å². The highest BCUT2D eigenvalue weighted by Gasteiger charge is 2.38. The maximum Gasteiger partial charge on any atom is 0.269 e. The van der Waals surface area contributed by atoms with Gasteiger partial charge in [0.15, 0.2) is 0 Å². The molecule has 5 rings (SSSR count). The van der Waals surface area contributed by atoms with E-state index in [1.807, 2.05) is 18.2 Å². The predicted molar refractivity (Wildman–Crippen MR) is 114 cm³/mol. The zero-order chi connectivity index (χ0) is 20.2. The number of sulfonamides is 1. The lowest BCUT2D eigenvalue weighted by atomic mass is 10.1. The minimum atomic E-state index is -3.72. The fourth-order valence-electron chi connectivity index (χ4n) is 4.30. The topological polar surface area (TPSA) is 80.5 Å². The molecular formula is C21H18N2O4S2. The third-order valence-corrected chi connectivity index (χ3v) is 8.98. The van der Waals surface area contributed by atoms with Crippen molar-refractivity contribution in [3.8, 4) is 0 Å². The van der Waals surface area contributed by atoms with Crippen molar-refractivity contribution in [2.45, 2.75) is 23.1 Å². The molecule has 1 aliphatic carbocycles. The van der Waals surface area contributed by atoms with Gasteiger partial charge >= 0.3 is 0 Å². The molecule has 0 N–H and O–H groups in total. The van der Waals surface area contributed by atoms with Crippen LogP contribution in [0, 0.1) is 10.1 Å². The zero-order valence-corrected chi connectivity index (χ0v) is 17.1. The lowest BCUT2D eigenvalue weighted by Gasteiger charge is -2.24. The summed E-state index contributed by atoms with van der Waals surface area (Å²) in [5.74, 6) is 0.683. The Kier molecular flexibility index (Phi) is 4.38. The van der Waals surface area contributed by atoms with E-state index in [1.54, 1.807) is 30.0 Å². The number of rotatable bonds is 4. The lowest BCUT2D eigenvalue weighted by molar-refractivity contribution is -0.384. The van der Waals surface area contributed by atoms with Gasteiger partial charge in [0.1, 0.15) is 0 Å². The fourth-order valence-corrected chi connectivity index (χ4v) is 7.73. The van der Waals surface area contributed by atoms with Gasteiger partial charge in [-0.15, -0.1) is 11.8 Å². The maximum atomic E-state index is 13.7. The van der Waals surface area contributed by atoms with Gasteiger partial charge in [0, 0.05) is 29.8 Å². The van der Waals surface area contributed by atoms with Crippen LogP contribution in [0.4, 0.5) is 5.69 Å². The molecule has 8 heteroatoms. The van der Waals surface area contributed by atoms with E-state index in [-0.39, 0.29) is 11.1 Å². The molecule has 1 fully saturated rings. The largest absolute Gasteiger partial charge is 0.269 e. The minimum absolute atomic E-state index is 0.00124. The first-order valence-electron chi connectivity index (χ1n) is 9.38. The highest BCUT2D eigenvalue weighted by atomic mass is 32.2. The second-order valence-electron chi connectivity index (χ2n) is 7.25. The van der Waals surface area contributed by atoms with Crippen molar-refractivity contribution in [2.24, 2.45) is 0 Å². The molecule has 0 bridgehead atoms. The van der Waals surface area contributed by atoms with Crippen LogP contribution in [0.2, 0.25) is 0 Å². The average molecular weight is 427 g/mol. The quantitative estimate of drug-likeness (QED) is 0.459. The van der Waals surface area contributed by atoms with Crippen LogP contribution in [-0.2, 0) is 22.9 Å². The molecular weight excluding hydrogens is 408 g/mol. The van der Waals surface area contributed by atoms with Gasteiger partial charge < -0.3 is 0 Å². The summed E-state index contributed by atoms with van der Waals surface area (Å²) >= 11 is 1.54. The second-order valence-corrected chi connectivity index (χ2v) is 10.3. The number of nitro benzene ring substituents is 1. The third kappa shape index (κ3) is 2.94. The van der Waals surface area contributed by atoms with E-state index in [1.165, 1.54) is 27.6 Å². The molecule has 1 saturated heterocycles. The minimum Gasteiger partial charge on any atom is -0.258 e. The zero-order valence-electron chi connectivity index (χ0n) is 15.4. The smallest absolute Gasteiger partial charge is 0.258 e. The second kappa shape index (κ2) is 6.83. The molecule has 2 aliphatic rings. The lowest BCUT2D eigenvalue weighted by Crippen LogP contribution is -2.30. The third-order valence-electron chi connectivity index (χ3n) is 5.66. The monoisotopic (exact) mass is 426 g/mol. The van der Waals surface area contributed by atoms with Crippen molar-refractivity contribution in [1.82, 2.24) is 4.31 Å². The van der Waals surface area contributed by atoms with Crippen LogP contribution >= 0.6 is 11.8 Å². The Morgan fingerprint density at radius 3 is 2.45 bits per heavy atom. The molecule has 1 aliphatic heterocycles. The molecule has 0 saturated carbocycles. The van der Waals surface area contributed by atoms with E-state index in [2.05, 4.69) is 6.07 Å². The molecule has 6 nitrogen and oxygen atoms in total. The molecule has 0 aromatic heterocycles. The van der Waals surface area contributed by atoms with Crippen LogP contribution in [-0.4, -0.2) is 29.9 Å². The number of nitro groups is 1. The SMILES string of the molecule is O=[N+]([O-])c1ccc(C2SCCN2S(=O)(=O)c2ccc3c4c(cccc24)CC3)cc1. The molecule has 0 spiro atoms. The summed E-state index contributed by atoms with van der Waals surface area (Å²) in [4.78, 5) is 10.8. The number of thioether (sulfide) groups is 1. The summed E-state index contributed by atoms with van der Waals surface area (Å²) in [6.07, 6.45) is 1.89. The normalized spacial score (nSPS) is 19.1. The number of benzene rings is 3. The highest BCUT2D eigenvalue weighted by molar-refractivity contribution is 8.01. The molecule has 0 radical (unpaired) electrons. The number of non-ortho nitro benzene ring substituents is 1. The molecule has 148 valence electrons. The summed E-state index contributed by atoms with van der Waals surface area (Å²) in [7, 11) is -3.72. The summed E-state index contributed by atoms with van der Waals surface area (Å²) in [5, 5.41) is 12.4. The number of aryl methyl sites for hydroxylation is 2. The molecule has 0 amide bonds. The van der Waals surface area contributed by atoms with Gasteiger partial charge in [0.2, 0.25) is 10.0 Å². The van der Waals surface area contributed by atoms with Crippen molar-refractivity contribution in [3.05, 3.63) is 81.4 Å². The van der Waals surface area contributed by atoms with Crippen LogP contribution in [0.3, 0.4) is 0 Å². The Hall–Kier alpha value is -2.42. The van der Waals surface area contributed by atoms with Gasteiger partial charge in [-0.1, -0.05) is 24.3 Å². The van der Waals surface area contributed by atoms with Gasteiger partial charge in [-0.05, 0) is 53.1 Å². The predicted octanol–water partition coefficient (Wildman–Crippen LogP) is 4.28. The van der Waals surface area contributed by atoms with Crippen molar-refractivity contribution < 1.29 is 13.3 Å². The van der Waals surface area contributed by atoms with E-state index in [9.17, 15) is 18.5 Å².